The first kappa shape index (κ1) is 20.0. The number of hydrogen-bond donors (Lipinski definition) is 0. The van der Waals surface area contributed by atoms with Crippen LogP contribution in [-0.4, -0.2) is 36.8 Å². The van der Waals surface area contributed by atoms with E-state index in [1.54, 1.807) is 16.2 Å². The largest absolute Gasteiger partial charge is 0.376 e. The minimum atomic E-state index is -0.0831. The van der Waals surface area contributed by atoms with Gasteiger partial charge in [0, 0.05) is 6.61 Å². The van der Waals surface area contributed by atoms with E-state index in [2.05, 4.69) is 26.0 Å². The maximum Gasteiger partial charge on any atom is 0.255 e. The van der Waals surface area contributed by atoms with E-state index in [1.807, 2.05) is 30.3 Å². The molecule has 1 amide bonds. The van der Waals surface area contributed by atoms with Gasteiger partial charge in [0.15, 0.2) is 5.13 Å². The van der Waals surface area contributed by atoms with Gasteiger partial charge in [-0.2, -0.15) is 0 Å². The van der Waals surface area contributed by atoms with E-state index in [4.69, 9.17) is 14.5 Å². The summed E-state index contributed by atoms with van der Waals surface area (Å²) in [6.45, 7) is 5.89. The SMILES string of the molecule is Cc1cc(C)c2nc(N(Cc3ccccc3)C(=O)COCC3CCCO3)sc2c1. The van der Waals surface area contributed by atoms with Crippen molar-refractivity contribution in [2.45, 2.75) is 39.3 Å². The molecular formula is C23H26N2O3S. The van der Waals surface area contributed by atoms with E-state index in [9.17, 15) is 4.79 Å². The molecule has 29 heavy (non-hydrogen) atoms. The average Bonchev–Trinajstić information content (AvgIpc) is 3.36. The Morgan fingerprint density at radius 3 is 2.86 bits per heavy atom. The molecule has 1 aliphatic heterocycles. The van der Waals surface area contributed by atoms with Crippen molar-refractivity contribution in [3.05, 3.63) is 59.2 Å². The first-order chi connectivity index (χ1) is 14.1. The Balaban J connectivity index is 1.56. The van der Waals surface area contributed by atoms with Crippen molar-refractivity contribution in [1.82, 2.24) is 4.98 Å². The van der Waals surface area contributed by atoms with Crippen LogP contribution in [0.4, 0.5) is 5.13 Å². The number of aromatic nitrogens is 1. The summed E-state index contributed by atoms with van der Waals surface area (Å²) in [5.74, 6) is -0.0831. The molecule has 4 rings (SSSR count). The van der Waals surface area contributed by atoms with Crippen LogP contribution in [-0.2, 0) is 20.8 Å². The highest BCUT2D eigenvalue weighted by Gasteiger charge is 2.22. The Bertz CT molecular complexity index is 980. The maximum absolute atomic E-state index is 13.1. The monoisotopic (exact) mass is 410 g/mol. The van der Waals surface area contributed by atoms with Crippen LogP contribution in [0.2, 0.25) is 0 Å². The molecule has 3 aromatic rings. The van der Waals surface area contributed by atoms with Gasteiger partial charge in [-0.3, -0.25) is 9.69 Å². The van der Waals surface area contributed by atoms with Gasteiger partial charge in [0.2, 0.25) is 0 Å². The average molecular weight is 411 g/mol. The summed E-state index contributed by atoms with van der Waals surface area (Å²) in [7, 11) is 0. The second-order valence-electron chi connectivity index (χ2n) is 7.54. The van der Waals surface area contributed by atoms with Crippen LogP contribution < -0.4 is 4.90 Å². The van der Waals surface area contributed by atoms with E-state index in [-0.39, 0.29) is 18.6 Å². The maximum atomic E-state index is 13.1. The summed E-state index contributed by atoms with van der Waals surface area (Å²) in [6.07, 6.45) is 2.17. The quantitative estimate of drug-likeness (QED) is 0.569. The summed E-state index contributed by atoms with van der Waals surface area (Å²) in [5.41, 5.74) is 4.35. The Labute approximate surface area is 175 Å². The Hall–Kier alpha value is -2.28. The van der Waals surface area contributed by atoms with Crippen LogP contribution >= 0.6 is 11.3 Å². The van der Waals surface area contributed by atoms with Gasteiger partial charge in [-0.25, -0.2) is 4.98 Å². The zero-order chi connectivity index (χ0) is 20.2. The van der Waals surface area contributed by atoms with Gasteiger partial charge < -0.3 is 9.47 Å². The Morgan fingerprint density at radius 1 is 1.28 bits per heavy atom. The molecule has 1 unspecified atom stereocenters. The van der Waals surface area contributed by atoms with Crippen molar-refractivity contribution in [1.29, 1.82) is 0 Å². The lowest BCUT2D eigenvalue weighted by Crippen LogP contribution is -2.34. The topological polar surface area (TPSA) is 51.7 Å². The van der Waals surface area contributed by atoms with Crippen LogP contribution in [0.25, 0.3) is 10.2 Å². The number of anilines is 1. The minimum Gasteiger partial charge on any atom is -0.376 e. The number of nitrogens with zero attached hydrogens (tertiary/aromatic N) is 2. The number of hydrogen-bond acceptors (Lipinski definition) is 5. The van der Waals surface area contributed by atoms with Gasteiger partial charge >= 0.3 is 0 Å². The molecule has 0 N–H and O–H groups in total. The number of thiazole rings is 1. The van der Waals surface area contributed by atoms with Crippen LogP contribution in [0.15, 0.2) is 42.5 Å². The zero-order valence-electron chi connectivity index (χ0n) is 16.9. The van der Waals surface area contributed by atoms with E-state index in [1.165, 1.54) is 5.56 Å². The number of fused-ring (bicyclic) bond motifs is 1. The standard InChI is InChI=1S/C23H26N2O3S/c1-16-11-17(2)22-20(12-16)29-23(24-22)25(13-18-7-4-3-5-8-18)21(26)15-27-14-19-9-6-10-28-19/h3-5,7-8,11-12,19H,6,9-10,13-15H2,1-2H3. The predicted molar refractivity (Wildman–Crippen MR) is 117 cm³/mol. The molecule has 1 aliphatic rings. The Morgan fingerprint density at radius 2 is 2.10 bits per heavy atom. The molecule has 152 valence electrons. The molecule has 0 aliphatic carbocycles. The summed E-state index contributed by atoms with van der Waals surface area (Å²) < 4.78 is 12.4. The van der Waals surface area contributed by atoms with E-state index < -0.39 is 0 Å². The second kappa shape index (κ2) is 9.03. The number of rotatable bonds is 7. The number of amides is 1. The summed E-state index contributed by atoms with van der Waals surface area (Å²) >= 11 is 1.55. The fraction of sp³-hybridized carbons (Fsp3) is 0.391. The van der Waals surface area contributed by atoms with Gasteiger partial charge in [0.05, 0.1) is 29.5 Å². The van der Waals surface area contributed by atoms with Crippen LogP contribution in [0.5, 0.6) is 0 Å². The van der Waals surface area contributed by atoms with Crippen molar-refractivity contribution < 1.29 is 14.3 Å². The van der Waals surface area contributed by atoms with E-state index in [0.29, 0.717) is 18.3 Å². The molecule has 0 bridgehead atoms. The van der Waals surface area contributed by atoms with Crippen LogP contribution in [0.1, 0.15) is 29.5 Å². The summed E-state index contributed by atoms with van der Waals surface area (Å²) in [4.78, 5) is 19.6. The highest BCUT2D eigenvalue weighted by molar-refractivity contribution is 7.22. The lowest BCUT2D eigenvalue weighted by Gasteiger charge is -2.20. The third-order valence-corrected chi connectivity index (χ3v) is 6.11. The van der Waals surface area contributed by atoms with Crippen molar-refractivity contribution in [3.8, 4) is 0 Å². The minimum absolute atomic E-state index is 0.0284. The molecule has 0 radical (unpaired) electrons. The first-order valence-corrected chi connectivity index (χ1v) is 10.8. The van der Waals surface area contributed by atoms with Gasteiger partial charge in [0.25, 0.3) is 5.91 Å². The van der Waals surface area contributed by atoms with E-state index >= 15 is 0 Å². The van der Waals surface area contributed by atoms with Crippen molar-refractivity contribution in [2.24, 2.45) is 0 Å². The highest BCUT2D eigenvalue weighted by atomic mass is 32.1. The number of aryl methyl sites for hydroxylation is 2. The molecule has 2 aromatic carbocycles. The van der Waals surface area contributed by atoms with E-state index in [0.717, 1.165) is 40.8 Å². The van der Waals surface area contributed by atoms with Crippen molar-refractivity contribution in [3.63, 3.8) is 0 Å². The molecule has 0 spiro atoms. The molecular weight excluding hydrogens is 384 g/mol. The zero-order valence-corrected chi connectivity index (χ0v) is 17.7. The molecule has 5 nitrogen and oxygen atoms in total. The molecule has 1 atom stereocenters. The van der Waals surface area contributed by atoms with Crippen LogP contribution in [0.3, 0.4) is 0 Å². The fourth-order valence-electron chi connectivity index (χ4n) is 3.63. The third-order valence-electron chi connectivity index (χ3n) is 5.09. The Kier molecular flexibility index (Phi) is 6.23. The van der Waals surface area contributed by atoms with Gasteiger partial charge in [-0.05, 0) is 49.4 Å². The molecule has 1 fully saturated rings. The number of ether oxygens (including phenoxy) is 2. The molecule has 1 aromatic heterocycles. The lowest BCUT2D eigenvalue weighted by atomic mass is 10.1. The molecule has 6 heteroatoms. The molecule has 1 saturated heterocycles. The van der Waals surface area contributed by atoms with Crippen molar-refractivity contribution >= 4 is 32.6 Å². The summed E-state index contributed by atoms with van der Waals surface area (Å²) in [5, 5.41) is 0.711. The normalized spacial score (nSPS) is 16.4. The number of carbonyl (C=O) groups is 1. The first-order valence-electron chi connectivity index (χ1n) is 10.0. The van der Waals surface area contributed by atoms with Gasteiger partial charge in [0.1, 0.15) is 6.61 Å². The second-order valence-corrected chi connectivity index (χ2v) is 8.55. The van der Waals surface area contributed by atoms with Gasteiger partial charge in [-0.15, -0.1) is 0 Å². The predicted octanol–water partition coefficient (Wildman–Crippen LogP) is 4.64. The molecule has 2 heterocycles. The lowest BCUT2D eigenvalue weighted by molar-refractivity contribution is -0.124. The number of carbonyl (C=O) groups excluding carboxylic acids is 1. The van der Waals surface area contributed by atoms with Crippen molar-refractivity contribution in [2.75, 3.05) is 24.7 Å². The van der Waals surface area contributed by atoms with Gasteiger partial charge in [-0.1, -0.05) is 47.7 Å². The third kappa shape index (κ3) is 4.83. The van der Waals surface area contributed by atoms with Crippen LogP contribution in [0, 0.1) is 13.8 Å². The highest BCUT2D eigenvalue weighted by Crippen LogP contribution is 2.32. The number of benzene rings is 2. The summed E-state index contributed by atoms with van der Waals surface area (Å²) in [6, 6.07) is 14.2. The molecule has 0 saturated carbocycles. The smallest absolute Gasteiger partial charge is 0.255 e. The fourth-order valence-corrected chi connectivity index (χ4v) is 4.79.